The highest BCUT2D eigenvalue weighted by molar-refractivity contribution is 5.94. The molecule has 12 heteroatoms. The number of phenolic OH excluding ortho intramolecular Hbond substituents is 1. The molecule has 1 atom stereocenters. The van der Waals surface area contributed by atoms with Crippen LogP contribution in [0.3, 0.4) is 0 Å². The molecule has 0 bridgehead atoms. The van der Waals surface area contributed by atoms with Crippen molar-refractivity contribution in [3.05, 3.63) is 118 Å². The summed E-state index contributed by atoms with van der Waals surface area (Å²) < 4.78 is 0. The molecule has 0 unspecified atom stereocenters. The lowest BCUT2D eigenvalue weighted by atomic mass is 9.89. The van der Waals surface area contributed by atoms with Crippen LogP contribution in [0.15, 0.2) is 95.9 Å². The predicted molar refractivity (Wildman–Crippen MR) is 201 cm³/mol. The number of rotatable bonds is 13. The van der Waals surface area contributed by atoms with Gasteiger partial charge < -0.3 is 36.7 Å². The number of aromatic nitrogens is 2. The summed E-state index contributed by atoms with van der Waals surface area (Å²) in [5.41, 5.74) is 10.9. The second-order valence-corrected chi connectivity index (χ2v) is 13.3. The van der Waals surface area contributed by atoms with Gasteiger partial charge in [-0.15, -0.1) is 0 Å². The first-order valence-corrected chi connectivity index (χ1v) is 17.6. The van der Waals surface area contributed by atoms with Gasteiger partial charge >= 0.3 is 6.09 Å². The Morgan fingerprint density at radius 1 is 0.962 bits per heavy atom. The third-order valence-corrected chi connectivity index (χ3v) is 9.61. The van der Waals surface area contributed by atoms with E-state index in [0.29, 0.717) is 54.7 Å². The molecule has 6 rings (SSSR count). The third-order valence-electron chi connectivity index (χ3n) is 9.61. The summed E-state index contributed by atoms with van der Waals surface area (Å²) in [6.45, 7) is 0.640. The summed E-state index contributed by atoms with van der Waals surface area (Å²) in [7, 11) is 0. The molecule has 12 nitrogen and oxygen atoms in total. The molecule has 0 saturated heterocycles. The first-order valence-electron chi connectivity index (χ1n) is 17.6. The van der Waals surface area contributed by atoms with Gasteiger partial charge in [0.05, 0.1) is 17.3 Å². The van der Waals surface area contributed by atoms with E-state index in [4.69, 9.17) is 5.73 Å². The maximum absolute atomic E-state index is 12.8. The number of nitrogens with two attached hydrogens (primary N) is 1. The minimum absolute atomic E-state index is 0.0667. The zero-order chi connectivity index (χ0) is 36.6. The van der Waals surface area contributed by atoms with Crippen LogP contribution >= 0.6 is 0 Å². The molecule has 1 fully saturated rings. The molecule has 0 spiro atoms. The number of carbonyl (C=O) groups is 2. The van der Waals surface area contributed by atoms with E-state index in [-0.39, 0.29) is 47.8 Å². The number of fused-ring (bicyclic) bond motifs is 1. The fourth-order valence-electron chi connectivity index (χ4n) is 6.88. The molecular weight excluding hydrogens is 660 g/mol. The number of benzene rings is 3. The number of carbonyl (C=O) groups excluding carboxylic acids is 1. The van der Waals surface area contributed by atoms with Crippen LogP contribution in [0.2, 0.25) is 0 Å². The maximum atomic E-state index is 12.8. The molecule has 2 aromatic heterocycles. The summed E-state index contributed by atoms with van der Waals surface area (Å²) in [5, 5.41) is 37.9. The quantitative estimate of drug-likeness (QED) is 0.0789. The number of amides is 2. The number of H-pyrrole nitrogens is 1. The molecule has 0 radical (unpaired) electrons. The molecule has 52 heavy (non-hydrogen) atoms. The zero-order valence-electron chi connectivity index (χ0n) is 28.8. The molecule has 8 N–H and O–H groups in total. The number of hydrogen-bond donors (Lipinski definition) is 7. The Morgan fingerprint density at radius 3 is 2.46 bits per heavy atom. The van der Waals surface area contributed by atoms with Crippen molar-refractivity contribution < 1.29 is 24.9 Å². The van der Waals surface area contributed by atoms with Crippen LogP contribution in [-0.2, 0) is 17.8 Å². The van der Waals surface area contributed by atoms with E-state index in [0.717, 1.165) is 35.1 Å². The normalized spacial score (nSPS) is 16.3. The molecule has 2 amide bonds. The highest BCUT2D eigenvalue weighted by Crippen LogP contribution is 2.36. The van der Waals surface area contributed by atoms with Crippen LogP contribution in [0.5, 0.6) is 5.75 Å². The smallest absolute Gasteiger partial charge is 0.412 e. The lowest BCUT2D eigenvalue weighted by molar-refractivity contribution is -0.116. The monoisotopic (exact) mass is 704 g/mol. The summed E-state index contributed by atoms with van der Waals surface area (Å²) in [6, 6.07) is 25.2. The first kappa shape index (κ1) is 36.2. The van der Waals surface area contributed by atoms with E-state index in [1.54, 1.807) is 24.4 Å². The molecule has 3 aromatic carbocycles. The van der Waals surface area contributed by atoms with Crippen molar-refractivity contribution in [1.82, 2.24) is 15.3 Å². The second kappa shape index (κ2) is 16.6. The number of nitrogens with zero attached hydrogens (tertiary/aromatic N) is 2. The van der Waals surface area contributed by atoms with Crippen LogP contribution in [0, 0.1) is 0 Å². The molecule has 270 valence electrons. The van der Waals surface area contributed by atoms with Gasteiger partial charge in [0.25, 0.3) is 0 Å². The standard InChI is InChI=1S/C40H44N6O6/c41-28-11-13-29(14-12-28)46(40(51)52)33-21-25(9-15-30(33)27-6-2-1-3-7-27)5-4-8-37(49)44-36-19-10-26(23-43-36)22-42-24-35(48)31-16-18-34(47)39-32(31)17-20-38(50)45-39/h1-3,6-7,9-10,15-21,23,28-29,35,42,47-48H,4-5,8,11-14,22,24,41H2,(H,45,50)(H,51,52)(H,43,44,49)/t28?,29?,35-/m0/s1. The minimum atomic E-state index is -0.983. The molecule has 1 aliphatic carbocycles. The Kier molecular flexibility index (Phi) is 11.6. The van der Waals surface area contributed by atoms with Gasteiger partial charge in [0, 0.05) is 54.8 Å². The van der Waals surface area contributed by atoms with Gasteiger partial charge in [0.2, 0.25) is 11.5 Å². The number of carboxylic acid groups (broad SMARTS) is 1. The lowest BCUT2D eigenvalue weighted by Gasteiger charge is -2.35. The number of nitrogens with one attached hydrogen (secondary N) is 3. The van der Waals surface area contributed by atoms with Crippen molar-refractivity contribution in [3.63, 3.8) is 0 Å². The Bertz CT molecular complexity index is 2060. The topological polar surface area (TPSA) is 194 Å². The second-order valence-electron chi connectivity index (χ2n) is 13.3. The van der Waals surface area contributed by atoms with Crippen LogP contribution in [-0.4, -0.2) is 55.9 Å². The van der Waals surface area contributed by atoms with Crippen LogP contribution in [0.1, 0.15) is 61.3 Å². The van der Waals surface area contributed by atoms with E-state index < -0.39 is 12.2 Å². The minimum Gasteiger partial charge on any atom is -0.506 e. The van der Waals surface area contributed by atoms with Gasteiger partial charge in [0.1, 0.15) is 11.6 Å². The number of pyridine rings is 2. The van der Waals surface area contributed by atoms with Crippen molar-refractivity contribution >= 4 is 34.4 Å². The Labute approximate surface area is 301 Å². The van der Waals surface area contributed by atoms with Crippen molar-refractivity contribution in [2.75, 3.05) is 16.8 Å². The first-order chi connectivity index (χ1) is 25.2. The number of aromatic amines is 1. The predicted octanol–water partition coefficient (Wildman–Crippen LogP) is 5.83. The largest absolute Gasteiger partial charge is 0.506 e. The summed E-state index contributed by atoms with van der Waals surface area (Å²) in [4.78, 5) is 45.7. The molecular formula is C40H44N6O6. The highest BCUT2D eigenvalue weighted by Gasteiger charge is 2.30. The lowest BCUT2D eigenvalue weighted by Crippen LogP contribution is -2.44. The van der Waals surface area contributed by atoms with Crippen LogP contribution in [0.4, 0.5) is 16.3 Å². The van der Waals surface area contributed by atoms with E-state index in [1.807, 2.05) is 54.6 Å². The fourth-order valence-corrected chi connectivity index (χ4v) is 6.88. The van der Waals surface area contributed by atoms with E-state index >= 15 is 0 Å². The van der Waals surface area contributed by atoms with Gasteiger partial charge in [0.15, 0.2) is 0 Å². The number of phenols is 1. The summed E-state index contributed by atoms with van der Waals surface area (Å²) in [6.07, 6.45) is 4.21. The number of aliphatic hydroxyl groups is 1. The average Bonchev–Trinajstić information content (AvgIpc) is 3.14. The van der Waals surface area contributed by atoms with Crippen molar-refractivity contribution in [2.45, 2.75) is 69.7 Å². The molecule has 2 heterocycles. The average molecular weight is 705 g/mol. The summed E-state index contributed by atoms with van der Waals surface area (Å²) in [5.74, 6) is 0.191. The van der Waals surface area contributed by atoms with Gasteiger partial charge in [-0.2, -0.15) is 0 Å². The van der Waals surface area contributed by atoms with Gasteiger partial charge in [-0.1, -0.05) is 54.6 Å². The highest BCUT2D eigenvalue weighted by atomic mass is 16.4. The molecule has 1 aliphatic rings. The maximum Gasteiger partial charge on any atom is 0.412 e. The number of hydrogen-bond acceptors (Lipinski definition) is 8. The summed E-state index contributed by atoms with van der Waals surface area (Å²) >= 11 is 0. The van der Waals surface area contributed by atoms with E-state index in [9.17, 15) is 29.7 Å². The SMILES string of the molecule is NC1CCC(N(C(=O)O)c2cc(CCCC(=O)Nc3ccc(CNC[C@H](O)c4ccc(O)c5[nH]c(=O)ccc45)cn3)ccc2-c2ccccc2)CC1. The Morgan fingerprint density at radius 2 is 1.73 bits per heavy atom. The zero-order valence-corrected chi connectivity index (χ0v) is 28.8. The van der Waals surface area contributed by atoms with Gasteiger partial charge in [-0.05, 0) is 85.0 Å². The Hall–Kier alpha value is -5.56. The van der Waals surface area contributed by atoms with Crippen LogP contribution < -0.4 is 26.8 Å². The van der Waals surface area contributed by atoms with Gasteiger partial charge in [-0.25, -0.2) is 9.78 Å². The van der Waals surface area contributed by atoms with Crippen molar-refractivity contribution in [3.8, 4) is 16.9 Å². The molecule has 5 aromatic rings. The number of aliphatic hydroxyl groups excluding tert-OH is 1. The fraction of sp³-hybridized carbons (Fsp3) is 0.300. The van der Waals surface area contributed by atoms with Gasteiger partial charge in [-0.3, -0.25) is 14.5 Å². The van der Waals surface area contributed by atoms with E-state index in [2.05, 4.69) is 20.6 Å². The van der Waals surface area contributed by atoms with E-state index in [1.165, 1.54) is 17.0 Å². The van der Waals surface area contributed by atoms with Crippen molar-refractivity contribution in [2.24, 2.45) is 5.73 Å². The molecule has 0 aliphatic heterocycles. The number of anilines is 2. The van der Waals surface area contributed by atoms with Crippen LogP contribution in [0.25, 0.3) is 22.0 Å². The Balaban J connectivity index is 1.02. The number of aryl methyl sites for hydroxylation is 1. The third kappa shape index (κ3) is 8.83. The number of aromatic hydroxyl groups is 1. The molecule has 1 saturated carbocycles. The van der Waals surface area contributed by atoms with Crippen molar-refractivity contribution in [1.29, 1.82) is 0 Å².